The van der Waals surface area contributed by atoms with Crippen molar-refractivity contribution in [1.82, 2.24) is 15.1 Å². The van der Waals surface area contributed by atoms with Crippen molar-refractivity contribution in [3.63, 3.8) is 0 Å². The summed E-state index contributed by atoms with van der Waals surface area (Å²) in [5.74, 6) is 0. The summed E-state index contributed by atoms with van der Waals surface area (Å²) in [6.45, 7) is 10.9. The Kier molecular flexibility index (Phi) is 5.35. The molecule has 3 nitrogen and oxygen atoms in total. The van der Waals surface area contributed by atoms with Gasteiger partial charge in [0.1, 0.15) is 0 Å². The lowest BCUT2D eigenvalue weighted by molar-refractivity contribution is 0.134. The van der Waals surface area contributed by atoms with E-state index < -0.39 is 0 Å². The first-order valence-corrected chi connectivity index (χ1v) is 5.46. The first-order valence-electron chi connectivity index (χ1n) is 5.46. The largest absolute Gasteiger partial charge is 0.318 e. The highest BCUT2D eigenvalue weighted by Gasteiger charge is 2.14. The maximum absolute atomic E-state index is 3.20. The molecule has 0 amide bonds. The molecule has 0 aromatic rings. The lowest BCUT2D eigenvalue weighted by Crippen LogP contribution is -2.47. The third-order valence-corrected chi connectivity index (χ3v) is 2.68. The predicted molar refractivity (Wildman–Crippen MR) is 57.1 cm³/mol. The number of hydrogen-bond acceptors (Lipinski definition) is 3. The lowest BCUT2D eigenvalue weighted by Gasteiger charge is -2.34. The number of rotatable bonds is 5. The quantitative estimate of drug-likeness (QED) is 0.661. The Morgan fingerprint density at radius 1 is 1.00 bits per heavy atom. The van der Waals surface area contributed by atoms with Gasteiger partial charge in [-0.2, -0.15) is 0 Å². The predicted octanol–water partition coefficient (Wildman–Crippen LogP) is 0.233. The molecule has 0 aromatic carbocycles. The molecule has 78 valence electrons. The van der Waals surface area contributed by atoms with Crippen LogP contribution in [-0.4, -0.2) is 62.7 Å². The van der Waals surface area contributed by atoms with Crippen LogP contribution in [0.15, 0.2) is 0 Å². The normalized spacial score (nSPS) is 20.8. The van der Waals surface area contributed by atoms with E-state index in [9.17, 15) is 0 Å². The molecule has 1 heterocycles. The zero-order chi connectivity index (χ0) is 9.52. The van der Waals surface area contributed by atoms with Crippen LogP contribution in [0.4, 0.5) is 0 Å². The molecule has 1 fully saturated rings. The summed E-state index contributed by atoms with van der Waals surface area (Å²) < 4.78 is 0. The topological polar surface area (TPSA) is 18.5 Å². The molecule has 3 heteroatoms. The second kappa shape index (κ2) is 6.35. The lowest BCUT2D eigenvalue weighted by atomic mass is 10.3. The number of hydrogen-bond donors (Lipinski definition) is 1. The van der Waals surface area contributed by atoms with E-state index in [1.54, 1.807) is 0 Å². The van der Waals surface area contributed by atoms with Crippen LogP contribution in [0, 0.1) is 0 Å². The number of likely N-dealkylation sites (N-methyl/N-ethyl adjacent to an activating group) is 1. The van der Waals surface area contributed by atoms with E-state index in [2.05, 4.69) is 22.0 Å². The third-order valence-electron chi connectivity index (χ3n) is 2.68. The summed E-state index contributed by atoms with van der Waals surface area (Å²) in [5, 5.41) is 3.20. The monoisotopic (exact) mass is 185 g/mol. The van der Waals surface area contributed by atoms with Gasteiger partial charge in [0.25, 0.3) is 0 Å². The maximum atomic E-state index is 3.20. The van der Waals surface area contributed by atoms with Gasteiger partial charge in [0.05, 0.1) is 0 Å². The first kappa shape index (κ1) is 11.0. The zero-order valence-corrected chi connectivity index (χ0v) is 9.05. The summed E-state index contributed by atoms with van der Waals surface area (Å²) >= 11 is 0. The fourth-order valence-corrected chi connectivity index (χ4v) is 1.82. The van der Waals surface area contributed by atoms with Gasteiger partial charge in [0.2, 0.25) is 0 Å². The molecule has 0 bridgehead atoms. The van der Waals surface area contributed by atoms with Crippen molar-refractivity contribution in [3.8, 4) is 0 Å². The highest BCUT2D eigenvalue weighted by atomic mass is 15.3. The van der Waals surface area contributed by atoms with Gasteiger partial charge in [-0.05, 0) is 20.0 Å². The minimum Gasteiger partial charge on any atom is -0.318 e. The minimum atomic E-state index is 1.12. The average molecular weight is 185 g/mol. The molecule has 1 saturated heterocycles. The van der Waals surface area contributed by atoms with Gasteiger partial charge in [0.15, 0.2) is 0 Å². The molecule has 1 aliphatic rings. The minimum absolute atomic E-state index is 1.12. The molecule has 1 N–H and O–H groups in total. The van der Waals surface area contributed by atoms with Gasteiger partial charge < -0.3 is 10.2 Å². The molecular formula is C10H23N3. The Morgan fingerprint density at radius 3 is 2.00 bits per heavy atom. The third kappa shape index (κ3) is 4.07. The van der Waals surface area contributed by atoms with Crippen molar-refractivity contribution in [2.24, 2.45) is 0 Å². The van der Waals surface area contributed by atoms with Crippen molar-refractivity contribution in [1.29, 1.82) is 0 Å². The summed E-state index contributed by atoms with van der Waals surface area (Å²) in [6.07, 6.45) is 1.29. The maximum Gasteiger partial charge on any atom is 0.0110 e. The summed E-state index contributed by atoms with van der Waals surface area (Å²) in [6, 6.07) is 0. The molecule has 0 aromatic heterocycles. The van der Waals surface area contributed by atoms with E-state index in [1.807, 2.05) is 7.05 Å². The van der Waals surface area contributed by atoms with Gasteiger partial charge in [0, 0.05) is 39.3 Å². The number of nitrogens with zero attached hydrogens (tertiary/aromatic N) is 2. The first-order chi connectivity index (χ1) is 6.36. The Hall–Kier alpha value is -0.120. The molecule has 0 saturated carbocycles. The molecular weight excluding hydrogens is 162 g/mol. The molecule has 0 aliphatic carbocycles. The van der Waals surface area contributed by atoms with Crippen LogP contribution in [0.1, 0.15) is 13.3 Å². The summed E-state index contributed by atoms with van der Waals surface area (Å²) in [5.41, 5.74) is 0. The molecule has 13 heavy (non-hydrogen) atoms. The van der Waals surface area contributed by atoms with Gasteiger partial charge in [-0.25, -0.2) is 0 Å². The molecule has 1 aliphatic heterocycles. The van der Waals surface area contributed by atoms with Crippen LogP contribution >= 0.6 is 0 Å². The van der Waals surface area contributed by atoms with E-state index >= 15 is 0 Å². The van der Waals surface area contributed by atoms with Crippen molar-refractivity contribution < 1.29 is 0 Å². The van der Waals surface area contributed by atoms with Gasteiger partial charge in [-0.1, -0.05) is 6.92 Å². The summed E-state index contributed by atoms with van der Waals surface area (Å²) in [4.78, 5) is 5.11. The second-order valence-electron chi connectivity index (χ2n) is 3.79. The average Bonchev–Trinajstić information content (AvgIpc) is 2.17. The van der Waals surface area contributed by atoms with Gasteiger partial charge in [-0.15, -0.1) is 0 Å². The van der Waals surface area contributed by atoms with Crippen molar-refractivity contribution in [2.45, 2.75) is 13.3 Å². The van der Waals surface area contributed by atoms with E-state index in [-0.39, 0.29) is 0 Å². The Labute approximate surface area is 82.1 Å². The molecule has 0 unspecified atom stereocenters. The number of piperazine rings is 1. The SMILES string of the molecule is CCCN1CCN(CCNC)CC1. The second-order valence-corrected chi connectivity index (χ2v) is 3.79. The smallest absolute Gasteiger partial charge is 0.0110 e. The zero-order valence-electron chi connectivity index (χ0n) is 9.05. The van der Waals surface area contributed by atoms with Gasteiger partial charge in [-0.3, -0.25) is 4.90 Å². The van der Waals surface area contributed by atoms with Crippen molar-refractivity contribution >= 4 is 0 Å². The molecule has 0 atom stereocenters. The standard InChI is InChI=1S/C10H23N3/c1-3-5-12-7-9-13(10-8-12)6-4-11-2/h11H,3-10H2,1-2H3. The van der Waals surface area contributed by atoms with E-state index in [4.69, 9.17) is 0 Å². The highest BCUT2D eigenvalue weighted by Crippen LogP contribution is 2.01. The van der Waals surface area contributed by atoms with E-state index in [0.29, 0.717) is 0 Å². The van der Waals surface area contributed by atoms with Crippen molar-refractivity contribution in [2.75, 3.05) is 52.9 Å². The summed E-state index contributed by atoms with van der Waals surface area (Å²) in [7, 11) is 2.02. The van der Waals surface area contributed by atoms with Crippen LogP contribution in [0.25, 0.3) is 0 Å². The number of nitrogens with one attached hydrogen (secondary N) is 1. The fraction of sp³-hybridized carbons (Fsp3) is 1.00. The van der Waals surface area contributed by atoms with E-state index in [0.717, 1.165) is 6.54 Å². The molecule has 0 spiro atoms. The Morgan fingerprint density at radius 2 is 1.54 bits per heavy atom. The van der Waals surface area contributed by atoms with Crippen LogP contribution in [0.2, 0.25) is 0 Å². The van der Waals surface area contributed by atoms with Gasteiger partial charge >= 0.3 is 0 Å². The molecule has 1 rings (SSSR count). The molecule has 0 radical (unpaired) electrons. The Bertz CT molecular complexity index is 119. The van der Waals surface area contributed by atoms with Crippen LogP contribution in [0.3, 0.4) is 0 Å². The van der Waals surface area contributed by atoms with Crippen LogP contribution in [0.5, 0.6) is 0 Å². The van der Waals surface area contributed by atoms with Crippen molar-refractivity contribution in [3.05, 3.63) is 0 Å². The van der Waals surface area contributed by atoms with Crippen LogP contribution in [-0.2, 0) is 0 Å². The van der Waals surface area contributed by atoms with E-state index in [1.165, 1.54) is 45.7 Å². The van der Waals surface area contributed by atoms with Crippen LogP contribution < -0.4 is 5.32 Å². The fourth-order valence-electron chi connectivity index (χ4n) is 1.82. The highest BCUT2D eigenvalue weighted by molar-refractivity contribution is 4.71. The Balaban J connectivity index is 2.08.